The van der Waals surface area contributed by atoms with E-state index in [4.69, 9.17) is 5.73 Å². The lowest BCUT2D eigenvalue weighted by molar-refractivity contribution is 0.440. The second-order valence-electron chi connectivity index (χ2n) is 5.08. The summed E-state index contributed by atoms with van der Waals surface area (Å²) in [4.78, 5) is 0. The van der Waals surface area contributed by atoms with Gasteiger partial charge in [-0.3, -0.25) is 0 Å². The summed E-state index contributed by atoms with van der Waals surface area (Å²) in [7, 11) is 0. The van der Waals surface area contributed by atoms with Crippen LogP contribution in [0, 0.1) is 12.7 Å². The van der Waals surface area contributed by atoms with Crippen molar-refractivity contribution in [2.24, 2.45) is 5.73 Å². The van der Waals surface area contributed by atoms with Gasteiger partial charge in [0.15, 0.2) is 0 Å². The molecule has 0 amide bonds. The van der Waals surface area contributed by atoms with Crippen LogP contribution < -0.4 is 5.73 Å². The molecule has 0 unspecified atom stereocenters. The van der Waals surface area contributed by atoms with Crippen LogP contribution in [0.1, 0.15) is 42.4 Å². The molecular weight excluding hydrogens is 220 g/mol. The van der Waals surface area contributed by atoms with Gasteiger partial charge in [-0.25, -0.2) is 8.78 Å². The van der Waals surface area contributed by atoms with E-state index in [1.165, 1.54) is 6.07 Å². The number of hydrogen-bond donors (Lipinski definition) is 1. The Morgan fingerprint density at radius 2 is 1.94 bits per heavy atom. The second kappa shape index (κ2) is 4.73. The van der Waals surface area contributed by atoms with Crippen LogP contribution in [0.2, 0.25) is 0 Å². The molecule has 1 aromatic carbocycles. The summed E-state index contributed by atoms with van der Waals surface area (Å²) in [5.74, 6) is -0.428. The van der Waals surface area contributed by atoms with Gasteiger partial charge in [0.1, 0.15) is 12.5 Å². The fourth-order valence-electron chi connectivity index (χ4n) is 2.91. The normalized spacial score (nSPS) is 18.6. The van der Waals surface area contributed by atoms with E-state index in [0.29, 0.717) is 12.1 Å². The van der Waals surface area contributed by atoms with E-state index in [-0.39, 0.29) is 11.0 Å². The zero-order chi connectivity index (χ0) is 12.5. The van der Waals surface area contributed by atoms with Crippen molar-refractivity contribution >= 4 is 0 Å². The van der Waals surface area contributed by atoms with Gasteiger partial charge in [0, 0.05) is 17.5 Å². The van der Waals surface area contributed by atoms with E-state index in [9.17, 15) is 8.78 Å². The fourth-order valence-corrected chi connectivity index (χ4v) is 2.91. The molecule has 2 N–H and O–H groups in total. The molecule has 0 bridgehead atoms. The van der Waals surface area contributed by atoms with Crippen LogP contribution in [-0.2, 0) is 12.1 Å². The summed E-state index contributed by atoms with van der Waals surface area (Å²) >= 11 is 0. The number of hydrogen-bond acceptors (Lipinski definition) is 1. The van der Waals surface area contributed by atoms with Crippen LogP contribution >= 0.6 is 0 Å². The molecule has 0 aliphatic heterocycles. The standard InChI is InChI=1S/C14H19F2N/c1-10-6-11(7-13(16)12(10)8-15)14(9-17)4-2-3-5-14/h6-7H,2-5,8-9,17H2,1H3. The van der Waals surface area contributed by atoms with E-state index >= 15 is 0 Å². The molecule has 3 heteroatoms. The van der Waals surface area contributed by atoms with Crippen LogP contribution in [0.4, 0.5) is 8.78 Å². The summed E-state index contributed by atoms with van der Waals surface area (Å²) in [6.07, 6.45) is 4.31. The van der Waals surface area contributed by atoms with E-state index in [1.807, 2.05) is 6.07 Å². The molecule has 0 saturated heterocycles. The number of aryl methyl sites for hydroxylation is 1. The van der Waals surface area contributed by atoms with Crippen molar-refractivity contribution in [3.63, 3.8) is 0 Å². The Kier molecular flexibility index (Phi) is 3.48. The van der Waals surface area contributed by atoms with Gasteiger partial charge in [-0.1, -0.05) is 18.9 Å². The minimum absolute atomic E-state index is 0.0829. The quantitative estimate of drug-likeness (QED) is 0.859. The Hall–Kier alpha value is -0.960. The minimum Gasteiger partial charge on any atom is -0.330 e. The smallest absolute Gasteiger partial charge is 0.129 e. The Morgan fingerprint density at radius 1 is 1.29 bits per heavy atom. The largest absolute Gasteiger partial charge is 0.330 e. The van der Waals surface area contributed by atoms with Gasteiger partial charge in [-0.2, -0.15) is 0 Å². The lowest BCUT2D eigenvalue weighted by Crippen LogP contribution is -2.32. The van der Waals surface area contributed by atoms with Crippen LogP contribution in [-0.4, -0.2) is 6.54 Å². The number of alkyl halides is 1. The van der Waals surface area contributed by atoms with Crippen molar-refractivity contribution < 1.29 is 8.78 Å². The number of nitrogens with two attached hydrogens (primary N) is 1. The summed E-state index contributed by atoms with van der Waals surface area (Å²) in [5.41, 5.74) is 7.62. The Morgan fingerprint density at radius 3 is 2.41 bits per heavy atom. The van der Waals surface area contributed by atoms with Crippen molar-refractivity contribution in [2.75, 3.05) is 6.54 Å². The molecule has 1 fully saturated rings. The van der Waals surface area contributed by atoms with Crippen molar-refractivity contribution in [3.8, 4) is 0 Å². The molecule has 0 atom stereocenters. The fraction of sp³-hybridized carbons (Fsp3) is 0.571. The van der Waals surface area contributed by atoms with Crippen molar-refractivity contribution in [3.05, 3.63) is 34.6 Å². The molecule has 1 saturated carbocycles. The third-order valence-electron chi connectivity index (χ3n) is 4.12. The van der Waals surface area contributed by atoms with Crippen LogP contribution in [0.25, 0.3) is 0 Å². The Bertz CT molecular complexity index is 386. The van der Waals surface area contributed by atoms with E-state index in [0.717, 1.165) is 31.2 Å². The van der Waals surface area contributed by atoms with Gasteiger partial charge in [0.25, 0.3) is 0 Å². The van der Waals surface area contributed by atoms with Crippen molar-refractivity contribution in [1.29, 1.82) is 0 Å². The van der Waals surface area contributed by atoms with Gasteiger partial charge >= 0.3 is 0 Å². The highest BCUT2D eigenvalue weighted by atomic mass is 19.1. The van der Waals surface area contributed by atoms with E-state index in [2.05, 4.69) is 0 Å². The third kappa shape index (κ3) is 2.08. The second-order valence-corrected chi connectivity index (χ2v) is 5.08. The minimum atomic E-state index is -0.742. The lowest BCUT2D eigenvalue weighted by Gasteiger charge is -2.28. The molecule has 1 aliphatic rings. The zero-order valence-corrected chi connectivity index (χ0v) is 10.2. The molecule has 0 radical (unpaired) electrons. The number of rotatable bonds is 3. The zero-order valence-electron chi connectivity index (χ0n) is 10.2. The highest BCUT2D eigenvalue weighted by Gasteiger charge is 2.34. The SMILES string of the molecule is Cc1cc(C2(CN)CCCC2)cc(F)c1CF. The first-order valence-corrected chi connectivity index (χ1v) is 6.18. The van der Waals surface area contributed by atoms with E-state index in [1.54, 1.807) is 6.92 Å². The molecule has 0 heterocycles. The average molecular weight is 239 g/mol. The summed E-state index contributed by atoms with van der Waals surface area (Å²) in [6, 6.07) is 3.40. The van der Waals surface area contributed by atoms with Crippen LogP contribution in [0.3, 0.4) is 0 Å². The lowest BCUT2D eigenvalue weighted by atomic mass is 9.78. The maximum absolute atomic E-state index is 13.8. The number of benzene rings is 1. The van der Waals surface area contributed by atoms with Gasteiger partial charge < -0.3 is 5.73 Å². The molecule has 1 aliphatic carbocycles. The molecule has 17 heavy (non-hydrogen) atoms. The molecule has 0 aromatic heterocycles. The predicted molar refractivity (Wildman–Crippen MR) is 65.1 cm³/mol. The number of halogens is 2. The maximum Gasteiger partial charge on any atom is 0.129 e. The molecule has 0 spiro atoms. The molecular formula is C14H19F2N. The molecule has 1 nitrogen and oxygen atoms in total. The topological polar surface area (TPSA) is 26.0 Å². The van der Waals surface area contributed by atoms with E-state index < -0.39 is 12.5 Å². The molecule has 94 valence electrons. The maximum atomic E-state index is 13.8. The first kappa shape index (κ1) is 12.5. The first-order chi connectivity index (χ1) is 8.13. The van der Waals surface area contributed by atoms with Gasteiger partial charge in [0.05, 0.1) is 0 Å². The highest BCUT2D eigenvalue weighted by molar-refractivity contribution is 5.37. The van der Waals surface area contributed by atoms with Crippen LogP contribution in [0.5, 0.6) is 0 Å². The van der Waals surface area contributed by atoms with Crippen molar-refractivity contribution in [2.45, 2.75) is 44.7 Å². The predicted octanol–water partition coefficient (Wildman–Crippen LogP) is 3.37. The highest BCUT2D eigenvalue weighted by Crippen LogP contribution is 2.41. The molecule has 1 aromatic rings. The van der Waals surface area contributed by atoms with Gasteiger partial charge in [-0.15, -0.1) is 0 Å². The third-order valence-corrected chi connectivity index (χ3v) is 4.12. The Balaban J connectivity index is 2.45. The first-order valence-electron chi connectivity index (χ1n) is 6.18. The molecule has 2 rings (SSSR count). The summed E-state index contributed by atoms with van der Waals surface area (Å²) in [5, 5.41) is 0. The van der Waals surface area contributed by atoms with Crippen molar-refractivity contribution in [1.82, 2.24) is 0 Å². The van der Waals surface area contributed by atoms with Gasteiger partial charge in [0.2, 0.25) is 0 Å². The summed E-state index contributed by atoms with van der Waals surface area (Å²) in [6.45, 7) is 1.56. The average Bonchev–Trinajstić information content (AvgIpc) is 2.78. The van der Waals surface area contributed by atoms with Gasteiger partial charge in [-0.05, 0) is 37.0 Å². The monoisotopic (exact) mass is 239 g/mol. The Labute approximate surface area is 101 Å². The summed E-state index contributed by atoms with van der Waals surface area (Å²) < 4.78 is 26.5. The van der Waals surface area contributed by atoms with Crippen LogP contribution in [0.15, 0.2) is 12.1 Å².